The summed E-state index contributed by atoms with van der Waals surface area (Å²) in [6.07, 6.45) is 1.64. The van der Waals surface area contributed by atoms with Crippen LogP contribution in [0, 0.1) is 0 Å². The van der Waals surface area contributed by atoms with E-state index in [1.807, 2.05) is 6.07 Å². The van der Waals surface area contributed by atoms with E-state index in [-0.39, 0.29) is 6.04 Å². The standard InChI is InChI=1S/C7H9FN2/c1-6(10-8)7-4-2-3-5-9-7/h2-6,10H,1H3. The molecule has 0 aliphatic heterocycles. The molecule has 0 aliphatic carbocycles. The third kappa shape index (κ3) is 1.51. The average molecular weight is 140 g/mol. The van der Waals surface area contributed by atoms with Crippen LogP contribution < -0.4 is 5.54 Å². The lowest BCUT2D eigenvalue weighted by Gasteiger charge is -2.04. The summed E-state index contributed by atoms with van der Waals surface area (Å²) < 4.78 is 11.8. The van der Waals surface area contributed by atoms with Crippen LogP contribution in [0.25, 0.3) is 0 Å². The summed E-state index contributed by atoms with van der Waals surface area (Å²) in [5.41, 5.74) is 2.33. The predicted molar refractivity (Wildman–Crippen MR) is 36.9 cm³/mol. The Morgan fingerprint density at radius 2 is 2.40 bits per heavy atom. The summed E-state index contributed by atoms with van der Waals surface area (Å²) >= 11 is 0. The van der Waals surface area contributed by atoms with Gasteiger partial charge in [-0.3, -0.25) is 4.98 Å². The molecule has 54 valence electrons. The SMILES string of the molecule is CC(NF)c1ccccn1. The molecule has 1 atom stereocenters. The number of halogens is 1. The van der Waals surface area contributed by atoms with E-state index in [9.17, 15) is 4.48 Å². The minimum Gasteiger partial charge on any atom is -0.260 e. The lowest BCUT2D eigenvalue weighted by atomic mass is 10.2. The molecule has 1 unspecified atom stereocenters. The molecule has 0 saturated carbocycles. The summed E-state index contributed by atoms with van der Waals surface area (Å²) in [6.45, 7) is 1.71. The van der Waals surface area contributed by atoms with Gasteiger partial charge in [0.05, 0.1) is 11.7 Å². The molecule has 1 aromatic heterocycles. The van der Waals surface area contributed by atoms with Crippen LogP contribution in [0.4, 0.5) is 4.48 Å². The van der Waals surface area contributed by atoms with Gasteiger partial charge < -0.3 is 0 Å². The lowest BCUT2D eigenvalue weighted by molar-refractivity contribution is 0.282. The zero-order valence-corrected chi connectivity index (χ0v) is 5.71. The molecule has 0 fully saturated rings. The first-order valence-corrected chi connectivity index (χ1v) is 3.11. The van der Waals surface area contributed by atoms with Crippen molar-refractivity contribution < 1.29 is 4.48 Å². The number of rotatable bonds is 2. The van der Waals surface area contributed by atoms with E-state index in [2.05, 4.69) is 4.98 Å². The van der Waals surface area contributed by atoms with Gasteiger partial charge in [0.2, 0.25) is 0 Å². The molecule has 0 amide bonds. The molecule has 10 heavy (non-hydrogen) atoms. The fraction of sp³-hybridized carbons (Fsp3) is 0.286. The summed E-state index contributed by atoms with van der Waals surface area (Å²) in [6, 6.07) is 5.09. The average Bonchev–Trinajstić information content (AvgIpc) is 2.05. The van der Waals surface area contributed by atoms with Crippen molar-refractivity contribution in [2.75, 3.05) is 0 Å². The Morgan fingerprint density at radius 1 is 1.60 bits per heavy atom. The molecule has 1 rings (SSSR count). The number of hydrogen-bond donors (Lipinski definition) is 1. The van der Waals surface area contributed by atoms with E-state index < -0.39 is 0 Å². The maximum absolute atomic E-state index is 11.8. The van der Waals surface area contributed by atoms with Crippen LogP contribution in [0.1, 0.15) is 18.7 Å². The van der Waals surface area contributed by atoms with Gasteiger partial charge in [0.15, 0.2) is 0 Å². The Balaban J connectivity index is 2.75. The van der Waals surface area contributed by atoms with E-state index in [1.165, 1.54) is 0 Å². The lowest BCUT2D eigenvalue weighted by Crippen LogP contribution is -2.08. The first-order valence-electron chi connectivity index (χ1n) is 3.11. The number of hydrogen-bond acceptors (Lipinski definition) is 2. The molecule has 1 N–H and O–H groups in total. The highest BCUT2D eigenvalue weighted by atomic mass is 19.2. The van der Waals surface area contributed by atoms with E-state index in [4.69, 9.17) is 0 Å². The number of aromatic nitrogens is 1. The van der Waals surface area contributed by atoms with Crippen molar-refractivity contribution in [2.24, 2.45) is 0 Å². The highest BCUT2D eigenvalue weighted by molar-refractivity contribution is 5.06. The van der Waals surface area contributed by atoms with Gasteiger partial charge in [0.1, 0.15) is 0 Å². The first-order chi connectivity index (χ1) is 4.84. The minimum absolute atomic E-state index is 0.318. The number of nitrogens with zero attached hydrogens (tertiary/aromatic N) is 1. The van der Waals surface area contributed by atoms with Gasteiger partial charge in [-0.2, -0.15) is 5.54 Å². The van der Waals surface area contributed by atoms with Crippen LogP contribution in [0.3, 0.4) is 0 Å². The number of nitrogens with one attached hydrogen (secondary N) is 1. The van der Waals surface area contributed by atoms with Gasteiger partial charge in [-0.05, 0) is 19.1 Å². The molecule has 1 aromatic rings. The van der Waals surface area contributed by atoms with Gasteiger partial charge >= 0.3 is 0 Å². The second kappa shape index (κ2) is 3.27. The van der Waals surface area contributed by atoms with Crippen LogP contribution in [0.5, 0.6) is 0 Å². The Labute approximate surface area is 59.0 Å². The van der Waals surface area contributed by atoms with Crippen LogP contribution >= 0.6 is 0 Å². The van der Waals surface area contributed by atoms with Crippen molar-refractivity contribution in [3.8, 4) is 0 Å². The molecule has 0 radical (unpaired) electrons. The molecule has 0 aliphatic rings. The van der Waals surface area contributed by atoms with Gasteiger partial charge in [-0.25, -0.2) is 0 Å². The Morgan fingerprint density at radius 3 is 2.90 bits per heavy atom. The molecular formula is C7H9FN2. The summed E-state index contributed by atoms with van der Waals surface area (Å²) in [4.78, 5) is 3.95. The zero-order chi connectivity index (χ0) is 7.40. The Kier molecular flexibility index (Phi) is 2.34. The highest BCUT2D eigenvalue weighted by Crippen LogP contribution is 2.06. The molecule has 1 heterocycles. The first kappa shape index (κ1) is 7.15. The molecule has 0 aromatic carbocycles. The Hall–Kier alpha value is -0.960. The molecule has 2 nitrogen and oxygen atoms in total. The zero-order valence-electron chi connectivity index (χ0n) is 5.71. The van der Waals surface area contributed by atoms with Gasteiger partial charge in [-0.15, -0.1) is 4.48 Å². The monoisotopic (exact) mass is 140 g/mol. The number of pyridine rings is 1. The normalized spacial score (nSPS) is 13.0. The maximum atomic E-state index is 11.8. The van der Waals surface area contributed by atoms with E-state index in [1.54, 1.807) is 30.8 Å². The van der Waals surface area contributed by atoms with Gasteiger partial charge in [0, 0.05) is 6.20 Å². The predicted octanol–water partition coefficient (Wildman–Crippen LogP) is 1.62. The van der Waals surface area contributed by atoms with Crippen molar-refractivity contribution >= 4 is 0 Å². The van der Waals surface area contributed by atoms with Crippen LogP contribution in [-0.2, 0) is 0 Å². The van der Waals surface area contributed by atoms with Crippen molar-refractivity contribution in [2.45, 2.75) is 13.0 Å². The van der Waals surface area contributed by atoms with Gasteiger partial charge in [0.25, 0.3) is 0 Å². The molecular weight excluding hydrogens is 131 g/mol. The van der Waals surface area contributed by atoms with Crippen LogP contribution in [-0.4, -0.2) is 4.98 Å². The van der Waals surface area contributed by atoms with Crippen molar-refractivity contribution in [3.05, 3.63) is 30.1 Å². The summed E-state index contributed by atoms with van der Waals surface area (Å²) in [5, 5.41) is 0. The van der Waals surface area contributed by atoms with E-state index in [0.717, 1.165) is 0 Å². The molecule has 0 bridgehead atoms. The van der Waals surface area contributed by atoms with Crippen molar-refractivity contribution in [1.29, 1.82) is 0 Å². The summed E-state index contributed by atoms with van der Waals surface area (Å²) in [5.74, 6) is 0. The fourth-order valence-electron chi connectivity index (χ4n) is 0.688. The van der Waals surface area contributed by atoms with E-state index in [0.29, 0.717) is 5.69 Å². The van der Waals surface area contributed by atoms with Gasteiger partial charge in [-0.1, -0.05) is 6.07 Å². The fourth-order valence-corrected chi connectivity index (χ4v) is 0.688. The highest BCUT2D eigenvalue weighted by Gasteiger charge is 2.02. The second-order valence-electron chi connectivity index (χ2n) is 2.09. The summed E-state index contributed by atoms with van der Waals surface area (Å²) in [7, 11) is 0. The molecule has 3 heteroatoms. The van der Waals surface area contributed by atoms with Crippen molar-refractivity contribution in [1.82, 2.24) is 10.5 Å². The van der Waals surface area contributed by atoms with Crippen molar-refractivity contribution in [3.63, 3.8) is 0 Å². The third-order valence-electron chi connectivity index (χ3n) is 1.30. The van der Waals surface area contributed by atoms with Crippen LogP contribution in [0.15, 0.2) is 24.4 Å². The van der Waals surface area contributed by atoms with E-state index >= 15 is 0 Å². The largest absolute Gasteiger partial charge is 0.260 e. The topological polar surface area (TPSA) is 24.9 Å². The maximum Gasteiger partial charge on any atom is 0.0764 e. The quantitative estimate of drug-likeness (QED) is 0.631. The minimum atomic E-state index is -0.318. The van der Waals surface area contributed by atoms with Crippen LogP contribution in [0.2, 0.25) is 0 Å². The molecule has 0 saturated heterocycles. The second-order valence-corrected chi connectivity index (χ2v) is 2.09. The third-order valence-corrected chi connectivity index (χ3v) is 1.30. The molecule has 0 spiro atoms. The Bertz CT molecular complexity index is 188. The smallest absolute Gasteiger partial charge is 0.0764 e.